The molecule has 6 nitrogen and oxygen atoms in total. The SMILES string of the molecule is CNC(=O)c1cc(OC2CC2)ccc1NS(C)(=O)=O. The van der Waals surface area contributed by atoms with Crippen LogP contribution in [0.1, 0.15) is 23.2 Å². The molecule has 0 spiro atoms. The number of hydrogen-bond donors (Lipinski definition) is 2. The van der Waals surface area contributed by atoms with Gasteiger partial charge < -0.3 is 10.1 Å². The van der Waals surface area contributed by atoms with Crippen molar-refractivity contribution in [2.75, 3.05) is 18.0 Å². The summed E-state index contributed by atoms with van der Waals surface area (Å²) in [4.78, 5) is 11.8. The second kappa shape index (κ2) is 5.08. The van der Waals surface area contributed by atoms with Gasteiger partial charge in [0, 0.05) is 7.05 Å². The molecular formula is C12H16N2O4S. The number of amides is 1. The molecule has 0 aliphatic heterocycles. The van der Waals surface area contributed by atoms with E-state index in [4.69, 9.17) is 4.74 Å². The van der Waals surface area contributed by atoms with Gasteiger partial charge in [-0.05, 0) is 31.0 Å². The molecule has 1 amide bonds. The van der Waals surface area contributed by atoms with Crippen LogP contribution in [-0.2, 0) is 10.0 Å². The van der Waals surface area contributed by atoms with Crippen LogP contribution in [0.3, 0.4) is 0 Å². The van der Waals surface area contributed by atoms with Crippen LogP contribution in [0.5, 0.6) is 5.75 Å². The zero-order valence-corrected chi connectivity index (χ0v) is 11.6. The molecule has 7 heteroatoms. The standard InChI is InChI=1S/C12H16N2O4S/c1-13-12(15)10-7-9(18-8-3-4-8)5-6-11(10)14-19(2,16)17/h5-8,14H,3-4H2,1-2H3,(H,13,15). The molecule has 2 rings (SSSR count). The molecule has 1 fully saturated rings. The van der Waals surface area contributed by atoms with Gasteiger partial charge in [-0.2, -0.15) is 0 Å². The number of benzene rings is 1. The first-order valence-electron chi connectivity index (χ1n) is 5.89. The first-order valence-corrected chi connectivity index (χ1v) is 7.79. The van der Waals surface area contributed by atoms with Crippen molar-refractivity contribution >= 4 is 21.6 Å². The predicted molar refractivity (Wildman–Crippen MR) is 71.9 cm³/mol. The Balaban J connectivity index is 2.32. The molecule has 104 valence electrons. The summed E-state index contributed by atoms with van der Waals surface area (Å²) in [6.07, 6.45) is 3.28. The zero-order valence-electron chi connectivity index (χ0n) is 10.8. The van der Waals surface area contributed by atoms with E-state index in [1.807, 2.05) is 0 Å². The van der Waals surface area contributed by atoms with Crippen molar-refractivity contribution in [3.05, 3.63) is 23.8 Å². The van der Waals surface area contributed by atoms with Gasteiger partial charge in [0.2, 0.25) is 10.0 Å². The maximum Gasteiger partial charge on any atom is 0.253 e. The Morgan fingerprint density at radius 1 is 1.37 bits per heavy atom. The highest BCUT2D eigenvalue weighted by atomic mass is 32.2. The van der Waals surface area contributed by atoms with Crippen molar-refractivity contribution in [1.82, 2.24) is 5.32 Å². The van der Waals surface area contributed by atoms with Crippen LogP contribution in [0, 0.1) is 0 Å². The van der Waals surface area contributed by atoms with Crippen molar-refractivity contribution in [2.45, 2.75) is 18.9 Å². The topological polar surface area (TPSA) is 84.5 Å². The van der Waals surface area contributed by atoms with Crippen molar-refractivity contribution in [3.63, 3.8) is 0 Å². The Morgan fingerprint density at radius 3 is 2.58 bits per heavy atom. The Bertz CT molecular complexity index is 594. The molecule has 0 atom stereocenters. The number of rotatable bonds is 5. The monoisotopic (exact) mass is 284 g/mol. The third-order valence-corrected chi connectivity index (χ3v) is 3.18. The molecule has 0 heterocycles. The lowest BCUT2D eigenvalue weighted by atomic mass is 10.1. The molecule has 0 unspecified atom stereocenters. The van der Waals surface area contributed by atoms with Gasteiger partial charge >= 0.3 is 0 Å². The lowest BCUT2D eigenvalue weighted by Crippen LogP contribution is -2.21. The molecular weight excluding hydrogens is 268 g/mol. The van der Waals surface area contributed by atoms with Crippen LogP contribution >= 0.6 is 0 Å². The first-order chi connectivity index (χ1) is 8.89. The summed E-state index contributed by atoms with van der Waals surface area (Å²) in [5, 5.41) is 2.47. The van der Waals surface area contributed by atoms with E-state index in [1.54, 1.807) is 12.1 Å². The molecule has 0 aromatic heterocycles. The summed E-state index contributed by atoms with van der Waals surface area (Å²) in [6.45, 7) is 0. The van der Waals surface area contributed by atoms with Crippen molar-refractivity contribution in [3.8, 4) is 5.75 Å². The highest BCUT2D eigenvalue weighted by Gasteiger charge is 2.24. The molecule has 1 aromatic carbocycles. The summed E-state index contributed by atoms with van der Waals surface area (Å²) in [5.41, 5.74) is 0.482. The summed E-state index contributed by atoms with van der Waals surface area (Å²) in [6, 6.07) is 4.73. The van der Waals surface area contributed by atoms with Crippen LogP contribution in [0.15, 0.2) is 18.2 Å². The van der Waals surface area contributed by atoms with E-state index in [0.717, 1.165) is 19.1 Å². The van der Waals surface area contributed by atoms with Gasteiger partial charge in [-0.15, -0.1) is 0 Å². The minimum atomic E-state index is -3.44. The van der Waals surface area contributed by atoms with Gasteiger partial charge in [-0.3, -0.25) is 9.52 Å². The fourth-order valence-electron chi connectivity index (χ4n) is 1.59. The second-order valence-electron chi connectivity index (χ2n) is 4.48. The Hall–Kier alpha value is -1.76. The largest absolute Gasteiger partial charge is 0.490 e. The van der Waals surface area contributed by atoms with Gasteiger partial charge in [0.1, 0.15) is 5.75 Å². The second-order valence-corrected chi connectivity index (χ2v) is 6.23. The van der Waals surface area contributed by atoms with Crippen LogP contribution in [-0.4, -0.2) is 33.7 Å². The van der Waals surface area contributed by atoms with Crippen LogP contribution in [0.25, 0.3) is 0 Å². The Kier molecular flexibility index (Phi) is 3.66. The van der Waals surface area contributed by atoms with Gasteiger partial charge in [-0.25, -0.2) is 8.42 Å². The van der Waals surface area contributed by atoms with Crippen LogP contribution < -0.4 is 14.8 Å². The number of ether oxygens (including phenoxy) is 1. The summed E-state index contributed by atoms with van der Waals surface area (Å²) in [5.74, 6) is 0.201. The number of nitrogens with one attached hydrogen (secondary N) is 2. The first kappa shape index (κ1) is 13.7. The molecule has 1 aromatic rings. The summed E-state index contributed by atoms with van der Waals surface area (Å²) in [7, 11) is -1.95. The van der Waals surface area contributed by atoms with E-state index in [-0.39, 0.29) is 23.3 Å². The number of carbonyl (C=O) groups excluding carboxylic acids is 1. The Labute approximate surface area is 112 Å². The highest BCUT2D eigenvalue weighted by Crippen LogP contribution is 2.29. The minimum absolute atomic E-state index is 0.214. The third kappa shape index (κ3) is 3.85. The maximum atomic E-state index is 11.8. The number of carbonyl (C=O) groups is 1. The molecule has 1 saturated carbocycles. The lowest BCUT2D eigenvalue weighted by molar-refractivity contribution is 0.0963. The van der Waals surface area contributed by atoms with E-state index < -0.39 is 10.0 Å². The van der Waals surface area contributed by atoms with E-state index in [2.05, 4.69) is 10.0 Å². The van der Waals surface area contributed by atoms with Gasteiger partial charge in [0.15, 0.2) is 0 Å². The molecule has 1 aliphatic rings. The van der Waals surface area contributed by atoms with Gasteiger partial charge in [0.05, 0.1) is 23.6 Å². The fourth-order valence-corrected chi connectivity index (χ4v) is 2.16. The third-order valence-electron chi connectivity index (χ3n) is 2.59. The normalized spacial score (nSPS) is 14.8. The van der Waals surface area contributed by atoms with E-state index in [1.165, 1.54) is 13.1 Å². The highest BCUT2D eigenvalue weighted by molar-refractivity contribution is 7.92. The van der Waals surface area contributed by atoms with Crippen molar-refractivity contribution in [1.29, 1.82) is 0 Å². The van der Waals surface area contributed by atoms with E-state index in [9.17, 15) is 13.2 Å². The number of hydrogen-bond acceptors (Lipinski definition) is 4. The molecule has 0 saturated heterocycles. The molecule has 19 heavy (non-hydrogen) atoms. The van der Waals surface area contributed by atoms with Gasteiger partial charge in [0.25, 0.3) is 5.91 Å². The maximum absolute atomic E-state index is 11.8. The smallest absolute Gasteiger partial charge is 0.253 e. The van der Waals surface area contributed by atoms with Crippen LogP contribution in [0.2, 0.25) is 0 Å². The Morgan fingerprint density at radius 2 is 2.05 bits per heavy atom. The van der Waals surface area contributed by atoms with Gasteiger partial charge in [-0.1, -0.05) is 0 Å². The average Bonchev–Trinajstić information content (AvgIpc) is 3.12. The van der Waals surface area contributed by atoms with Crippen LogP contribution in [0.4, 0.5) is 5.69 Å². The fraction of sp³-hybridized carbons (Fsp3) is 0.417. The zero-order chi connectivity index (χ0) is 14.0. The summed E-state index contributed by atoms with van der Waals surface area (Å²) < 4.78 is 30.4. The molecule has 1 aliphatic carbocycles. The van der Waals surface area contributed by atoms with E-state index in [0.29, 0.717) is 5.75 Å². The minimum Gasteiger partial charge on any atom is -0.490 e. The predicted octanol–water partition coefficient (Wildman–Crippen LogP) is 0.959. The lowest BCUT2D eigenvalue weighted by Gasteiger charge is -2.12. The number of anilines is 1. The number of sulfonamides is 1. The van der Waals surface area contributed by atoms with Crippen molar-refractivity contribution < 1.29 is 17.9 Å². The molecule has 0 radical (unpaired) electrons. The molecule has 2 N–H and O–H groups in total. The summed E-state index contributed by atoms with van der Waals surface area (Å²) >= 11 is 0. The molecule has 0 bridgehead atoms. The van der Waals surface area contributed by atoms with E-state index >= 15 is 0 Å². The average molecular weight is 284 g/mol. The quantitative estimate of drug-likeness (QED) is 0.843. The van der Waals surface area contributed by atoms with Crippen molar-refractivity contribution in [2.24, 2.45) is 0 Å².